The van der Waals surface area contributed by atoms with Crippen molar-refractivity contribution >= 4 is 22.0 Å². The van der Waals surface area contributed by atoms with E-state index in [4.69, 9.17) is 5.73 Å². The number of nitrogens with two attached hydrogens (primary N) is 1. The lowest BCUT2D eigenvalue weighted by atomic mass is 10.2. The topological polar surface area (TPSA) is 69.7 Å². The third-order valence-electron chi connectivity index (χ3n) is 2.63. The number of anilines is 2. The van der Waals surface area contributed by atoms with Crippen molar-refractivity contribution in [3.8, 4) is 0 Å². The van der Waals surface area contributed by atoms with Crippen LogP contribution >= 0.6 is 10.6 Å². The maximum absolute atomic E-state index is 9.48. The lowest BCUT2D eigenvalue weighted by Gasteiger charge is -2.41. The summed E-state index contributed by atoms with van der Waals surface area (Å²) in [5.74, 6) is 0.939. The van der Waals surface area contributed by atoms with E-state index in [0.29, 0.717) is 24.6 Å². The first-order valence-electron chi connectivity index (χ1n) is 4.91. The molecule has 84 valence electrons. The minimum atomic E-state index is -2.30. The second-order valence-corrected chi connectivity index (χ2v) is 6.21. The number of nitrogens with zero attached hydrogens (tertiary/aromatic N) is 1. The van der Waals surface area contributed by atoms with E-state index in [1.807, 2.05) is 24.3 Å². The van der Waals surface area contributed by atoms with Gasteiger partial charge in [-0.2, -0.15) is 10.6 Å². The highest BCUT2D eigenvalue weighted by atomic mass is 32.3. The monoisotopic (exact) mass is 228 g/mol. The minimum absolute atomic E-state index is 0.470. The Morgan fingerprint density at radius 1 is 1.07 bits per heavy atom. The van der Waals surface area contributed by atoms with Crippen LogP contribution in [0, 0.1) is 0 Å². The predicted octanol–water partition coefficient (Wildman–Crippen LogP) is 1.84. The maximum atomic E-state index is 9.48. The highest BCUT2D eigenvalue weighted by Crippen LogP contribution is 2.41. The first-order valence-corrected chi connectivity index (χ1v) is 6.79. The first kappa shape index (κ1) is 10.6. The third kappa shape index (κ3) is 2.56. The van der Waals surface area contributed by atoms with Crippen LogP contribution in [0.25, 0.3) is 0 Å². The van der Waals surface area contributed by atoms with Crippen molar-refractivity contribution < 1.29 is 9.11 Å². The average Bonchev–Trinajstić information content (AvgIpc) is 2.20. The molecule has 1 fully saturated rings. The Balaban J connectivity index is 2.04. The quantitative estimate of drug-likeness (QED) is 0.641. The van der Waals surface area contributed by atoms with E-state index in [0.717, 1.165) is 11.4 Å². The molecule has 1 heterocycles. The lowest BCUT2D eigenvalue weighted by molar-refractivity contribution is 0.479. The largest absolute Gasteiger partial charge is 0.399 e. The summed E-state index contributed by atoms with van der Waals surface area (Å²) >= 11 is 0. The van der Waals surface area contributed by atoms with Gasteiger partial charge in [0.2, 0.25) is 0 Å². The van der Waals surface area contributed by atoms with Crippen LogP contribution in [0.2, 0.25) is 0 Å². The molecule has 0 aliphatic carbocycles. The fourth-order valence-corrected chi connectivity index (χ4v) is 2.90. The molecule has 0 unspecified atom stereocenters. The van der Waals surface area contributed by atoms with Gasteiger partial charge in [-0.3, -0.25) is 9.11 Å². The molecule has 15 heavy (non-hydrogen) atoms. The van der Waals surface area contributed by atoms with E-state index in [-0.39, 0.29) is 0 Å². The summed E-state index contributed by atoms with van der Waals surface area (Å²) in [6.45, 7) is 1.40. The van der Waals surface area contributed by atoms with Gasteiger partial charge in [-0.15, -0.1) is 0 Å². The van der Waals surface area contributed by atoms with Crippen LogP contribution < -0.4 is 10.6 Å². The Labute approximate surface area is 91.1 Å². The molecule has 1 aliphatic rings. The number of rotatable bonds is 1. The number of hydrogen-bond acceptors (Lipinski definition) is 4. The maximum Gasteiger partial charge on any atom is 0.0550 e. The Bertz CT molecular complexity index is 330. The Morgan fingerprint density at radius 3 is 2.13 bits per heavy atom. The predicted molar refractivity (Wildman–Crippen MR) is 65.7 cm³/mol. The van der Waals surface area contributed by atoms with E-state index in [2.05, 4.69) is 4.90 Å². The first-order chi connectivity index (χ1) is 7.07. The van der Waals surface area contributed by atoms with Gasteiger partial charge in [-0.25, -0.2) is 0 Å². The zero-order chi connectivity index (χ0) is 10.9. The third-order valence-corrected chi connectivity index (χ3v) is 4.31. The van der Waals surface area contributed by atoms with Crippen molar-refractivity contribution in [3.05, 3.63) is 24.3 Å². The second kappa shape index (κ2) is 3.92. The van der Waals surface area contributed by atoms with Crippen LogP contribution in [0.4, 0.5) is 11.4 Å². The summed E-state index contributed by atoms with van der Waals surface area (Å²) < 4.78 is 19.0. The zero-order valence-corrected chi connectivity index (χ0v) is 9.28. The summed E-state index contributed by atoms with van der Waals surface area (Å²) in [6, 6.07) is 7.66. The van der Waals surface area contributed by atoms with E-state index in [1.165, 1.54) is 0 Å². The Morgan fingerprint density at radius 2 is 1.60 bits per heavy atom. The van der Waals surface area contributed by atoms with Gasteiger partial charge in [-0.1, -0.05) is 0 Å². The van der Waals surface area contributed by atoms with Crippen molar-refractivity contribution in [3.63, 3.8) is 0 Å². The molecule has 0 spiro atoms. The fraction of sp³-hybridized carbons (Fsp3) is 0.400. The molecular formula is C10H16N2O2S. The standard InChI is InChI=1S/C10H16N2O2S/c11-9-1-3-10(4-2-9)12-5-7-15(13,14)8-6-12/h1-4,13-14H,5-8,11H2. The Kier molecular flexibility index (Phi) is 2.77. The van der Waals surface area contributed by atoms with Crippen LogP contribution in [0.1, 0.15) is 0 Å². The molecule has 4 N–H and O–H groups in total. The van der Waals surface area contributed by atoms with Gasteiger partial charge in [-0.05, 0) is 24.3 Å². The lowest BCUT2D eigenvalue weighted by Crippen LogP contribution is -2.38. The number of nitrogen functional groups attached to an aromatic ring is 1. The van der Waals surface area contributed by atoms with Crippen molar-refractivity contribution in [2.75, 3.05) is 35.2 Å². The van der Waals surface area contributed by atoms with E-state index in [9.17, 15) is 9.11 Å². The van der Waals surface area contributed by atoms with Gasteiger partial charge in [0.15, 0.2) is 0 Å². The molecular weight excluding hydrogens is 212 g/mol. The van der Waals surface area contributed by atoms with Crippen molar-refractivity contribution in [1.82, 2.24) is 0 Å². The van der Waals surface area contributed by atoms with E-state index in [1.54, 1.807) is 0 Å². The molecule has 1 saturated heterocycles. The molecule has 2 rings (SSSR count). The highest BCUT2D eigenvalue weighted by Gasteiger charge is 2.21. The van der Waals surface area contributed by atoms with Crippen molar-refractivity contribution in [1.29, 1.82) is 0 Å². The molecule has 5 heteroatoms. The molecule has 1 aromatic rings. The van der Waals surface area contributed by atoms with Gasteiger partial charge in [0, 0.05) is 24.5 Å². The van der Waals surface area contributed by atoms with Crippen molar-refractivity contribution in [2.24, 2.45) is 0 Å². The molecule has 0 aromatic heterocycles. The summed E-state index contributed by atoms with van der Waals surface area (Å²) in [5, 5.41) is 0. The van der Waals surface area contributed by atoms with Crippen LogP contribution in [0.5, 0.6) is 0 Å². The molecule has 0 bridgehead atoms. The van der Waals surface area contributed by atoms with E-state index < -0.39 is 10.6 Å². The van der Waals surface area contributed by atoms with Gasteiger partial charge < -0.3 is 10.6 Å². The van der Waals surface area contributed by atoms with Gasteiger partial charge >= 0.3 is 0 Å². The smallest absolute Gasteiger partial charge is 0.0550 e. The molecule has 1 aromatic carbocycles. The molecule has 0 amide bonds. The number of benzene rings is 1. The summed E-state index contributed by atoms with van der Waals surface area (Å²) in [7, 11) is -2.30. The fourth-order valence-electron chi connectivity index (χ4n) is 1.67. The summed E-state index contributed by atoms with van der Waals surface area (Å²) in [4.78, 5) is 2.15. The molecule has 0 atom stereocenters. The molecule has 1 aliphatic heterocycles. The summed E-state index contributed by atoms with van der Waals surface area (Å²) in [5.41, 5.74) is 7.45. The van der Waals surface area contributed by atoms with Crippen LogP contribution in [-0.4, -0.2) is 33.7 Å². The minimum Gasteiger partial charge on any atom is -0.399 e. The normalized spacial score (nSPS) is 22.4. The molecule has 4 nitrogen and oxygen atoms in total. The van der Waals surface area contributed by atoms with E-state index >= 15 is 0 Å². The Hall–Kier alpha value is -0.910. The SMILES string of the molecule is Nc1ccc(N2CCS(O)(O)CC2)cc1. The molecule has 0 radical (unpaired) electrons. The zero-order valence-electron chi connectivity index (χ0n) is 8.47. The average molecular weight is 228 g/mol. The van der Waals surface area contributed by atoms with Gasteiger partial charge in [0.1, 0.15) is 0 Å². The van der Waals surface area contributed by atoms with Gasteiger partial charge in [0.05, 0.1) is 11.5 Å². The highest BCUT2D eigenvalue weighted by molar-refractivity contribution is 8.24. The van der Waals surface area contributed by atoms with Crippen LogP contribution in [-0.2, 0) is 0 Å². The van der Waals surface area contributed by atoms with Crippen LogP contribution in [0.15, 0.2) is 24.3 Å². The summed E-state index contributed by atoms with van der Waals surface area (Å²) in [6.07, 6.45) is 0. The number of hydrogen-bond donors (Lipinski definition) is 3. The van der Waals surface area contributed by atoms with Crippen molar-refractivity contribution in [2.45, 2.75) is 0 Å². The van der Waals surface area contributed by atoms with Gasteiger partial charge in [0.25, 0.3) is 0 Å². The molecule has 0 saturated carbocycles. The van der Waals surface area contributed by atoms with Crippen LogP contribution in [0.3, 0.4) is 0 Å². The second-order valence-electron chi connectivity index (χ2n) is 3.79.